The number of imidazole rings is 1. The normalized spacial score (nSPS) is 12.9. The van der Waals surface area contributed by atoms with Gasteiger partial charge in [0.05, 0.1) is 27.7 Å². The van der Waals surface area contributed by atoms with Gasteiger partial charge in [-0.2, -0.15) is 0 Å². The number of benzene rings is 8. The van der Waals surface area contributed by atoms with Gasteiger partial charge in [0, 0.05) is 28.4 Å². The average Bonchev–Trinajstić information content (AvgIpc) is 3.80. The molecule has 3 heteroatoms. The maximum absolute atomic E-state index is 5.38. The van der Waals surface area contributed by atoms with Gasteiger partial charge in [0.15, 0.2) is 0 Å². The van der Waals surface area contributed by atoms with Crippen LogP contribution >= 0.6 is 0 Å². The predicted molar refractivity (Wildman–Crippen MR) is 231 cm³/mol. The number of rotatable bonds is 6. The molecule has 1 aliphatic carbocycles. The molecule has 56 heavy (non-hydrogen) atoms. The highest BCUT2D eigenvalue weighted by atomic mass is 15.1. The molecular weight excluding hydrogens is 679 g/mol. The molecule has 2 heterocycles. The van der Waals surface area contributed by atoms with E-state index in [0.29, 0.717) is 0 Å². The van der Waals surface area contributed by atoms with Gasteiger partial charge in [-0.3, -0.25) is 4.57 Å². The third-order valence-electron chi connectivity index (χ3n) is 11.8. The van der Waals surface area contributed by atoms with Crippen LogP contribution in [-0.4, -0.2) is 14.5 Å². The van der Waals surface area contributed by atoms with Crippen LogP contribution in [0.1, 0.15) is 35.0 Å². The molecule has 0 radical (unpaired) electrons. The van der Waals surface area contributed by atoms with Crippen LogP contribution in [0.5, 0.6) is 0 Å². The van der Waals surface area contributed by atoms with Crippen molar-refractivity contribution >= 4 is 32.7 Å². The summed E-state index contributed by atoms with van der Waals surface area (Å²) in [5.74, 6) is 1.07. The van der Waals surface area contributed by atoms with Crippen molar-refractivity contribution in [3.05, 3.63) is 222 Å². The number of fused-ring (bicyclic) bond motifs is 7. The third-order valence-corrected chi connectivity index (χ3v) is 11.8. The van der Waals surface area contributed by atoms with Crippen molar-refractivity contribution in [3.8, 4) is 39.2 Å². The number of aromatic nitrogens is 3. The summed E-state index contributed by atoms with van der Waals surface area (Å²) in [6, 6.07) is 70.6. The van der Waals surface area contributed by atoms with E-state index in [-0.39, 0.29) is 0 Å². The van der Waals surface area contributed by atoms with Gasteiger partial charge in [-0.25, -0.2) is 9.97 Å². The first-order chi connectivity index (χ1) is 27.7. The zero-order chi connectivity index (χ0) is 37.2. The van der Waals surface area contributed by atoms with Crippen molar-refractivity contribution in [2.75, 3.05) is 0 Å². The summed E-state index contributed by atoms with van der Waals surface area (Å²) in [5, 5.41) is 3.53. The second-order valence-corrected chi connectivity index (χ2v) is 14.8. The van der Waals surface area contributed by atoms with E-state index >= 15 is 0 Å². The lowest BCUT2D eigenvalue weighted by Crippen LogP contribution is -2.28. The number of pyridine rings is 1. The highest BCUT2D eigenvalue weighted by molar-refractivity contribution is 6.13. The Morgan fingerprint density at radius 2 is 1.04 bits per heavy atom. The quantitative estimate of drug-likeness (QED) is 0.161. The largest absolute Gasteiger partial charge is 0.296 e. The Morgan fingerprint density at radius 3 is 1.75 bits per heavy atom. The summed E-state index contributed by atoms with van der Waals surface area (Å²) >= 11 is 0. The fourth-order valence-electron chi connectivity index (χ4n) is 9.33. The molecule has 8 aromatic carbocycles. The van der Waals surface area contributed by atoms with Gasteiger partial charge in [0.2, 0.25) is 0 Å². The topological polar surface area (TPSA) is 30.7 Å². The summed E-state index contributed by atoms with van der Waals surface area (Å²) in [6.45, 7) is 2.16. The first kappa shape index (κ1) is 32.3. The molecule has 0 fully saturated rings. The lowest BCUT2D eigenvalue weighted by atomic mass is 9.67. The molecule has 264 valence electrons. The molecule has 11 rings (SSSR count). The highest BCUT2D eigenvalue weighted by Gasteiger charge is 2.46. The van der Waals surface area contributed by atoms with E-state index in [1.54, 1.807) is 0 Å². The monoisotopic (exact) mass is 715 g/mol. The Morgan fingerprint density at radius 1 is 0.446 bits per heavy atom. The van der Waals surface area contributed by atoms with Gasteiger partial charge in [-0.05, 0) is 92.4 Å². The van der Waals surface area contributed by atoms with E-state index in [2.05, 4.69) is 206 Å². The molecule has 0 unspecified atom stereocenters. The second kappa shape index (κ2) is 12.8. The summed E-state index contributed by atoms with van der Waals surface area (Å²) in [4.78, 5) is 10.3. The zero-order valence-electron chi connectivity index (χ0n) is 31.0. The Hall–Kier alpha value is -7.10. The fourth-order valence-corrected chi connectivity index (χ4v) is 9.33. The minimum absolute atomic E-state index is 0.465. The van der Waals surface area contributed by atoms with Gasteiger partial charge in [0.25, 0.3) is 0 Å². The predicted octanol–water partition coefficient (Wildman–Crippen LogP) is 13.0. The van der Waals surface area contributed by atoms with Crippen molar-refractivity contribution < 1.29 is 0 Å². The van der Waals surface area contributed by atoms with Gasteiger partial charge in [-0.1, -0.05) is 159 Å². The molecule has 0 aliphatic heterocycles. The number of nitrogens with zero attached hydrogens (tertiary/aromatic N) is 3. The van der Waals surface area contributed by atoms with Crippen LogP contribution in [0.3, 0.4) is 0 Å². The molecule has 0 bridgehead atoms. The van der Waals surface area contributed by atoms with E-state index in [1.165, 1.54) is 49.9 Å². The lowest BCUT2D eigenvalue weighted by molar-refractivity contribution is 0.769. The third kappa shape index (κ3) is 4.77. The molecular formula is C53H37N3. The van der Waals surface area contributed by atoms with Gasteiger partial charge in [-0.15, -0.1) is 0 Å². The molecule has 1 aliphatic rings. The molecule has 0 saturated heterocycles. The van der Waals surface area contributed by atoms with Crippen LogP contribution in [0.2, 0.25) is 0 Å². The van der Waals surface area contributed by atoms with Gasteiger partial charge >= 0.3 is 0 Å². The van der Waals surface area contributed by atoms with E-state index in [1.807, 2.05) is 0 Å². The number of hydrogen-bond donors (Lipinski definition) is 0. The minimum atomic E-state index is -0.465. The van der Waals surface area contributed by atoms with Gasteiger partial charge < -0.3 is 0 Å². The average molecular weight is 716 g/mol. The first-order valence-corrected chi connectivity index (χ1v) is 19.5. The second-order valence-electron chi connectivity index (χ2n) is 14.8. The minimum Gasteiger partial charge on any atom is -0.296 e. The summed E-state index contributed by atoms with van der Waals surface area (Å²) in [5.41, 5.74) is 15.9. The molecule has 0 atom stereocenters. The smallest absolute Gasteiger partial charge is 0.114 e. The molecule has 10 aromatic rings. The zero-order valence-corrected chi connectivity index (χ0v) is 31.0. The van der Waals surface area contributed by atoms with Crippen LogP contribution in [0, 0.1) is 0 Å². The molecule has 0 spiro atoms. The van der Waals surface area contributed by atoms with Crippen molar-refractivity contribution in [2.45, 2.75) is 18.8 Å². The van der Waals surface area contributed by atoms with Gasteiger partial charge in [0.1, 0.15) is 5.82 Å². The maximum atomic E-state index is 5.38. The summed E-state index contributed by atoms with van der Waals surface area (Å²) < 4.78 is 2.28. The van der Waals surface area contributed by atoms with Crippen LogP contribution in [0.15, 0.2) is 194 Å². The lowest BCUT2D eigenvalue weighted by Gasteiger charge is -2.34. The van der Waals surface area contributed by atoms with E-state index in [9.17, 15) is 0 Å². The molecule has 0 N–H and O–H groups in total. The maximum Gasteiger partial charge on any atom is 0.114 e. The van der Waals surface area contributed by atoms with Crippen molar-refractivity contribution in [2.24, 2.45) is 0 Å². The molecule has 0 saturated carbocycles. The Labute approximate surface area is 326 Å². The van der Waals surface area contributed by atoms with Crippen molar-refractivity contribution in [1.82, 2.24) is 14.5 Å². The van der Waals surface area contributed by atoms with Crippen LogP contribution in [0.4, 0.5) is 0 Å². The van der Waals surface area contributed by atoms with E-state index in [0.717, 1.165) is 56.5 Å². The number of hydrogen-bond acceptors (Lipinski definition) is 2. The highest BCUT2D eigenvalue weighted by Crippen LogP contribution is 2.57. The number of para-hydroxylation sites is 3. The SMILES string of the molecule is CCc1nc2ccccc2n1-c1ccc(-c2ccc(-c3nc4ccccc4c4cc5c(cc34)-c3ccccc3C5(c3ccccc3)c3ccccc3)cc2)cc1. The van der Waals surface area contributed by atoms with Crippen molar-refractivity contribution in [3.63, 3.8) is 0 Å². The summed E-state index contributed by atoms with van der Waals surface area (Å²) in [7, 11) is 0. The summed E-state index contributed by atoms with van der Waals surface area (Å²) in [6.07, 6.45) is 0.867. The van der Waals surface area contributed by atoms with Crippen molar-refractivity contribution in [1.29, 1.82) is 0 Å². The van der Waals surface area contributed by atoms with Crippen LogP contribution in [0.25, 0.3) is 71.9 Å². The Bertz CT molecular complexity index is 3050. The first-order valence-electron chi connectivity index (χ1n) is 19.5. The molecule has 0 amide bonds. The molecule has 3 nitrogen and oxygen atoms in total. The standard InChI is InChI=1S/C53H37N3/c1-2-51-54-49-23-13-14-24-50(49)56(51)40-31-29-36(30-32-40)35-25-27-37(28-26-35)52-45-33-44-41-19-9-11-21-46(41)53(38-15-5-3-6-16-38,39-17-7-4-8-18-39)47(44)34-43(45)42-20-10-12-22-48(42)55-52/h3-34H,2H2,1H3. The Kier molecular flexibility index (Phi) is 7.36. The van der Waals surface area contributed by atoms with E-state index < -0.39 is 5.41 Å². The molecule has 2 aromatic heterocycles. The Balaban J connectivity index is 1.07. The van der Waals surface area contributed by atoms with Crippen LogP contribution in [-0.2, 0) is 11.8 Å². The number of aryl methyl sites for hydroxylation is 1. The van der Waals surface area contributed by atoms with E-state index in [4.69, 9.17) is 9.97 Å². The van der Waals surface area contributed by atoms with Crippen LogP contribution < -0.4 is 0 Å². The fraction of sp³-hybridized carbons (Fsp3) is 0.0566.